The quantitative estimate of drug-likeness (QED) is 0.549. The summed E-state index contributed by atoms with van der Waals surface area (Å²) in [6, 6.07) is 5.16. The molecule has 0 aliphatic rings. The number of anilines is 1. The monoisotopic (exact) mass is 444 g/mol. The van der Waals surface area contributed by atoms with Gasteiger partial charge in [-0.2, -0.15) is 0 Å². The van der Waals surface area contributed by atoms with Gasteiger partial charge in [0.25, 0.3) is 0 Å². The summed E-state index contributed by atoms with van der Waals surface area (Å²) in [6.07, 6.45) is 0.746. The standard InChI is InChI=1S/C18H22Cl2N4O3S/c1-24(9-16(25)21-6-3-7-27-2)10-17(26)23-18-22-15(11-28-18)13-5-4-12(19)8-14(13)20/h4-5,8,11H,3,6-7,9-10H2,1-2H3,(H,21,25)(H,22,23,26). The summed E-state index contributed by atoms with van der Waals surface area (Å²) in [5.74, 6) is -0.391. The van der Waals surface area contributed by atoms with Crippen molar-refractivity contribution in [2.75, 3.05) is 45.7 Å². The van der Waals surface area contributed by atoms with E-state index < -0.39 is 0 Å². The number of nitrogens with zero attached hydrogens (tertiary/aromatic N) is 2. The van der Waals surface area contributed by atoms with E-state index in [-0.39, 0.29) is 24.9 Å². The van der Waals surface area contributed by atoms with Gasteiger partial charge in [-0.25, -0.2) is 4.98 Å². The van der Waals surface area contributed by atoms with Gasteiger partial charge in [-0.05, 0) is 31.7 Å². The zero-order valence-corrected chi connectivity index (χ0v) is 18.0. The van der Waals surface area contributed by atoms with E-state index >= 15 is 0 Å². The van der Waals surface area contributed by atoms with Gasteiger partial charge in [0.05, 0.1) is 23.8 Å². The molecule has 10 heteroatoms. The van der Waals surface area contributed by atoms with Crippen LogP contribution in [0.5, 0.6) is 0 Å². The van der Waals surface area contributed by atoms with Crippen molar-refractivity contribution in [1.82, 2.24) is 15.2 Å². The highest BCUT2D eigenvalue weighted by Crippen LogP contribution is 2.32. The number of thiazole rings is 1. The van der Waals surface area contributed by atoms with E-state index in [1.165, 1.54) is 11.3 Å². The van der Waals surface area contributed by atoms with Gasteiger partial charge in [-0.1, -0.05) is 23.2 Å². The van der Waals surface area contributed by atoms with Crippen LogP contribution in [0.15, 0.2) is 23.6 Å². The SMILES string of the molecule is COCCCNC(=O)CN(C)CC(=O)Nc1nc(-c2ccc(Cl)cc2Cl)cs1. The average molecular weight is 445 g/mol. The van der Waals surface area contributed by atoms with Crippen molar-refractivity contribution in [2.24, 2.45) is 0 Å². The smallest absolute Gasteiger partial charge is 0.240 e. The molecule has 0 aliphatic heterocycles. The molecule has 1 aromatic carbocycles. The number of methoxy groups -OCH3 is 1. The van der Waals surface area contributed by atoms with Crippen LogP contribution in [-0.4, -0.2) is 62.1 Å². The number of rotatable bonds is 10. The zero-order valence-electron chi connectivity index (χ0n) is 15.6. The molecule has 152 valence electrons. The molecular formula is C18H22Cl2N4O3S. The van der Waals surface area contributed by atoms with E-state index in [0.717, 1.165) is 12.0 Å². The number of aromatic nitrogens is 1. The minimum absolute atomic E-state index is 0.0715. The third-order valence-corrected chi connectivity index (χ3v) is 4.94. The molecule has 0 bridgehead atoms. The summed E-state index contributed by atoms with van der Waals surface area (Å²) in [7, 11) is 3.32. The molecule has 0 saturated carbocycles. The maximum Gasteiger partial charge on any atom is 0.240 e. The molecule has 2 rings (SSSR count). The van der Waals surface area contributed by atoms with Gasteiger partial charge in [-0.15, -0.1) is 11.3 Å². The van der Waals surface area contributed by atoms with Crippen molar-refractivity contribution < 1.29 is 14.3 Å². The van der Waals surface area contributed by atoms with Gasteiger partial charge in [0.2, 0.25) is 11.8 Å². The Kier molecular flexibility index (Phi) is 9.14. The van der Waals surface area contributed by atoms with Crippen LogP contribution >= 0.6 is 34.5 Å². The predicted molar refractivity (Wildman–Crippen MR) is 113 cm³/mol. The fourth-order valence-corrected chi connectivity index (χ4v) is 3.59. The highest BCUT2D eigenvalue weighted by molar-refractivity contribution is 7.14. The van der Waals surface area contributed by atoms with E-state index in [2.05, 4.69) is 15.6 Å². The zero-order chi connectivity index (χ0) is 20.5. The van der Waals surface area contributed by atoms with E-state index in [1.807, 2.05) is 5.38 Å². The molecule has 28 heavy (non-hydrogen) atoms. The van der Waals surface area contributed by atoms with E-state index in [9.17, 15) is 9.59 Å². The van der Waals surface area contributed by atoms with Gasteiger partial charge in [0, 0.05) is 36.2 Å². The Morgan fingerprint density at radius 1 is 1.25 bits per heavy atom. The molecule has 2 amide bonds. The van der Waals surface area contributed by atoms with Crippen LogP contribution in [0.2, 0.25) is 10.0 Å². The molecule has 0 fully saturated rings. The third-order valence-electron chi connectivity index (χ3n) is 3.63. The molecule has 2 N–H and O–H groups in total. The summed E-state index contributed by atoms with van der Waals surface area (Å²) in [5, 5.41) is 8.82. The molecule has 1 heterocycles. The molecule has 2 aromatic rings. The fourth-order valence-electron chi connectivity index (χ4n) is 2.36. The molecule has 7 nitrogen and oxygen atoms in total. The molecule has 0 aliphatic carbocycles. The Bertz CT molecular complexity index is 816. The van der Waals surface area contributed by atoms with Gasteiger partial charge in [-0.3, -0.25) is 14.5 Å². The van der Waals surface area contributed by atoms with E-state index in [4.69, 9.17) is 27.9 Å². The average Bonchev–Trinajstić information content (AvgIpc) is 3.06. The molecule has 0 atom stereocenters. The van der Waals surface area contributed by atoms with Crippen LogP contribution < -0.4 is 10.6 Å². The number of benzene rings is 1. The molecule has 0 unspecified atom stereocenters. The molecule has 0 spiro atoms. The van der Waals surface area contributed by atoms with E-state index in [1.54, 1.807) is 37.3 Å². The maximum absolute atomic E-state index is 12.2. The number of nitrogens with one attached hydrogen (secondary N) is 2. The van der Waals surface area contributed by atoms with Crippen LogP contribution in [-0.2, 0) is 14.3 Å². The van der Waals surface area contributed by atoms with Crippen molar-refractivity contribution in [3.05, 3.63) is 33.6 Å². The summed E-state index contributed by atoms with van der Waals surface area (Å²) in [5.41, 5.74) is 1.40. The van der Waals surface area contributed by atoms with Crippen molar-refractivity contribution in [3.8, 4) is 11.3 Å². The first-order valence-corrected chi connectivity index (χ1v) is 10.2. The molecule has 1 aromatic heterocycles. The summed E-state index contributed by atoms with van der Waals surface area (Å²) in [6.45, 7) is 1.34. The lowest BCUT2D eigenvalue weighted by Gasteiger charge is -2.15. The summed E-state index contributed by atoms with van der Waals surface area (Å²) >= 11 is 13.4. The summed E-state index contributed by atoms with van der Waals surface area (Å²) < 4.78 is 4.92. The van der Waals surface area contributed by atoms with Crippen molar-refractivity contribution >= 4 is 51.5 Å². The van der Waals surface area contributed by atoms with Crippen molar-refractivity contribution in [1.29, 1.82) is 0 Å². The largest absolute Gasteiger partial charge is 0.385 e. The normalized spacial score (nSPS) is 10.9. The Balaban J connectivity index is 1.81. The van der Waals surface area contributed by atoms with Crippen LogP contribution in [0.25, 0.3) is 11.3 Å². The highest BCUT2D eigenvalue weighted by Gasteiger charge is 2.13. The molecule has 0 radical (unpaired) electrons. The van der Waals surface area contributed by atoms with Crippen LogP contribution in [0.1, 0.15) is 6.42 Å². The molecular weight excluding hydrogens is 423 g/mol. The predicted octanol–water partition coefficient (Wildman–Crippen LogP) is 3.14. The second-order valence-corrected chi connectivity index (χ2v) is 7.78. The second-order valence-electron chi connectivity index (χ2n) is 6.08. The second kappa shape index (κ2) is 11.3. The number of likely N-dealkylation sites (N-methyl/N-ethyl adjacent to an activating group) is 1. The first kappa shape index (κ1) is 22.6. The van der Waals surface area contributed by atoms with Crippen LogP contribution in [0.4, 0.5) is 5.13 Å². The summed E-state index contributed by atoms with van der Waals surface area (Å²) in [4.78, 5) is 30.0. The number of carbonyl (C=O) groups excluding carboxylic acids is 2. The Hall–Kier alpha value is -1.71. The number of hydrogen-bond acceptors (Lipinski definition) is 6. The Morgan fingerprint density at radius 2 is 2.00 bits per heavy atom. The van der Waals surface area contributed by atoms with Crippen LogP contribution in [0.3, 0.4) is 0 Å². The highest BCUT2D eigenvalue weighted by atomic mass is 35.5. The van der Waals surface area contributed by atoms with Crippen molar-refractivity contribution in [3.63, 3.8) is 0 Å². The van der Waals surface area contributed by atoms with Gasteiger partial charge in [0.1, 0.15) is 0 Å². The van der Waals surface area contributed by atoms with Gasteiger partial charge >= 0.3 is 0 Å². The van der Waals surface area contributed by atoms with Crippen molar-refractivity contribution in [2.45, 2.75) is 6.42 Å². The number of ether oxygens (including phenoxy) is 1. The Labute approximate surface area is 178 Å². The minimum Gasteiger partial charge on any atom is -0.385 e. The minimum atomic E-state index is -0.252. The number of carbonyl (C=O) groups is 2. The topological polar surface area (TPSA) is 83.6 Å². The molecule has 0 saturated heterocycles. The van der Waals surface area contributed by atoms with Gasteiger partial charge < -0.3 is 15.4 Å². The number of amides is 2. The lowest BCUT2D eigenvalue weighted by atomic mass is 10.2. The maximum atomic E-state index is 12.2. The lowest BCUT2D eigenvalue weighted by molar-refractivity contribution is -0.123. The van der Waals surface area contributed by atoms with Gasteiger partial charge in [0.15, 0.2) is 5.13 Å². The lowest BCUT2D eigenvalue weighted by Crippen LogP contribution is -2.39. The number of halogens is 2. The van der Waals surface area contributed by atoms with E-state index in [0.29, 0.717) is 34.0 Å². The first-order valence-electron chi connectivity index (χ1n) is 8.54. The van der Waals surface area contributed by atoms with Crippen LogP contribution in [0, 0.1) is 0 Å². The first-order chi connectivity index (χ1) is 13.4. The fraction of sp³-hybridized carbons (Fsp3) is 0.389. The third kappa shape index (κ3) is 7.37. The number of hydrogen-bond donors (Lipinski definition) is 2. The Morgan fingerprint density at radius 3 is 2.71 bits per heavy atom.